The summed E-state index contributed by atoms with van der Waals surface area (Å²) in [4.78, 5) is 0. The maximum atomic E-state index is 6.00. The van der Waals surface area contributed by atoms with Gasteiger partial charge in [0.2, 0.25) is 0 Å². The van der Waals surface area contributed by atoms with E-state index in [0.29, 0.717) is 6.61 Å². The highest BCUT2D eigenvalue weighted by molar-refractivity contribution is 5.13. The highest BCUT2D eigenvalue weighted by Crippen LogP contribution is 2.24. The van der Waals surface area contributed by atoms with Crippen LogP contribution >= 0.6 is 0 Å². The van der Waals surface area contributed by atoms with Crippen LogP contribution in [0, 0.1) is 5.92 Å². The van der Waals surface area contributed by atoms with Crippen molar-refractivity contribution in [1.82, 2.24) is 0 Å². The summed E-state index contributed by atoms with van der Waals surface area (Å²) in [7, 11) is 0. The van der Waals surface area contributed by atoms with Gasteiger partial charge < -0.3 is 9.47 Å². The van der Waals surface area contributed by atoms with Crippen molar-refractivity contribution in [2.24, 2.45) is 5.92 Å². The summed E-state index contributed by atoms with van der Waals surface area (Å²) >= 11 is 0. The fourth-order valence-corrected chi connectivity index (χ4v) is 2.74. The van der Waals surface area contributed by atoms with Crippen molar-refractivity contribution in [2.45, 2.75) is 58.8 Å². The van der Waals surface area contributed by atoms with Crippen LogP contribution in [0.3, 0.4) is 0 Å². The monoisotopic (exact) mass is 288 g/mol. The summed E-state index contributed by atoms with van der Waals surface area (Å²) in [6.07, 6.45) is 7.98. The van der Waals surface area contributed by atoms with Crippen LogP contribution in [0.5, 0.6) is 0 Å². The van der Waals surface area contributed by atoms with Crippen LogP contribution in [-0.4, -0.2) is 12.9 Å². The number of allylic oxidation sites excluding steroid dienone is 1. The minimum absolute atomic E-state index is 0.0895. The maximum Gasteiger partial charge on any atom is 0.158 e. The Labute approximate surface area is 129 Å². The molecule has 0 saturated heterocycles. The van der Waals surface area contributed by atoms with Crippen LogP contribution in [0.25, 0.3) is 0 Å². The van der Waals surface area contributed by atoms with Gasteiger partial charge in [0.05, 0.1) is 13.2 Å². The Morgan fingerprint density at radius 1 is 1.14 bits per heavy atom. The van der Waals surface area contributed by atoms with Gasteiger partial charge in [0.15, 0.2) is 6.29 Å². The van der Waals surface area contributed by atoms with Crippen LogP contribution in [0.2, 0.25) is 0 Å². The maximum absolute atomic E-state index is 6.00. The average molecular weight is 288 g/mol. The molecule has 0 radical (unpaired) electrons. The zero-order valence-electron chi connectivity index (χ0n) is 13.4. The van der Waals surface area contributed by atoms with Gasteiger partial charge in [-0.15, -0.1) is 0 Å². The molecule has 0 bridgehead atoms. The quantitative estimate of drug-likeness (QED) is 0.490. The van der Waals surface area contributed by atoms with Crippen molar-refractivity contribution < 1.29 is 9.47 Å². The summed E-state index contributed by atoms with van der Waals surface area (Å²) in [5.41, 5.74) is 2.64. The second-order valence-corrected chi connectivity index (χ2v) is 6.07. The van der Waals surface area contributed by atoms with Gasteiger partial charge in [0.1, 0.15) is 0 Å². The molecule has 1 aliphatic carbocycles. The van der Waals surface area contributed by atoms with Gasteiger partial charge in [-0.3, -0.25) is 0 Å². The number of benzene rings is 1. The molecule has 0 saturated carbocycles. The molecular weight excluding hydrogens is 260 g/mol. The Morgan fingerprint density at radius 3 is 2.62 bits per heavy atom. The lowest BCUT2D eigenvalue weighted by atomic mass is 9.91. The molecule has 1 aliphatic rings. The van der Waals surface area contributed by atoms with Gasteiger partial charge in [0, 0.05) is 0 Å². The van der Waals surface area contributed by atoms with E-state index in [-0.39, 0.29) is 6.29 Å². The number of hydrogen-bond donors (Lipinski definition) is 0. The lowest BCUT2D eigenvalue weighted by Gasteiger charge is -2.22. The summed E-state index contributed by atoms with van der Waals surface area (Å²) in [5.74, 6) is 0.795. The van der Waals surface area contributed by atoms with Crippen molar-refractivity contribution in [3.63, 3.8) is 0 Å². The van der Waals surface area contributed by atoms with Gasteiger partial charge in [-0.25, -0.2) is 0 Å². The number of hydrogen-bond acceptors (Lipinski definition) is 2. The third kappa shape index (κ3) is 6.03. The fourth-order valence-electron chi connectivity index (χ4n) is 2.74. The first-order valence-electron chi connectivity index (χ1n) is 8.23. The van der Waals surface area contributed by atoms with Crippen LogP contribution in [-0.2, 0) is 16.1 Å². The molecular formula is C19H28O2. The van der Waals surface area contributed by atoms with Gasteiger partial charge >= 0.3 is 0 Å². The van der Waals surface area contributed by atoms with Gasteiger partial charge in [-0.05, 0) is 42.7 Å². The van der Waals surface area contributed by atoms with Gasteiger partial charge in [0.25, 0.3) is 0 Å². The molecule has 116 valence electrons. The predicted octanol–water partition coefficient (Wildman–Crippen LogP) is 5.09. The molecule has 2 unspecified atom stereocenters. The topological polar surface area (TPSA) is 18.5 Å². The first-order chi connectivity index (χ1) is 10.3. The standard InChI is InChI=1S/C19H28O2/c1-3-8-19(20-14-17-10-5-4-6-11-17)21-15-18-12-7-9-16(2)13-18/h4-6,10-12,16,19H,3,7-9,13-15H2,1-2H3. The molecule has 0 heterocycles. The molecule has 21 heavy (non-hydrogen) atoms. The molecule has 0 spiro atoms. The third-order valence-corrected chi connectivity index (χ3v) is 3.96. The molecule has 2 atom stereocenters. The van der Waals surface area contributed by atoms with E-state index in [0.717, 1.165) is 25.4 Å². The van der Waals surface area contributed by atoms with E-state index in [4.69, 9.17) is 9.47 Å². The Hall–Kier alpha value is -1.12. The SMILES string of the molecule is CCCC(OCC1=CCCC(C)C1)OCc1ccccc1. The van der Waals surface area contributed by atoms with Gasteiger partial charge in [-0.1, -0.05) is 56.7 Å². The molecule has 0 aliphatic heterocycles. The Morgan fingerprint density at radius 2 is 1.90 bits per heavy atom. The number of ether oxygens (including phenoxy) is 2. The van der Waals surface area contributed by atoms with Crippen LogP contribution in [0.15, 0.2) is 42.0 Å². The zero-order chi connectivity index (χ0) is 14.9. The lowest BCUT2D eigenvalue weighted by Crippen LogP contribution is -2.19. The smallest absolute Gasteiger partial charge is 0.158 e. The zero-order valence-corrected chi connectivity index (χ0v) is 13.4. The minimum atomic E-state index is -0.0895. The van der Waals surface area contributed by atoms with E-state index in [1.54, 1.807) is 0 Å². The van der Waals surface area contributed by atoms with Crippen molar-refractivity contribution >= 4 is 0 Å². The van der Waals surface area contributed by atoms with E-state index >= 15 is 0 Å². The van der Waals surface area contributed by atoms with Crippen LogP contribution in [0.1, 0.15) is 51.5 Å². The van der Waals surface area contributed by atoms with Crippen molar-refractivity contribution in [1.29, 1.82) is 0 Å². The van der Waals surface area contributed by atoms with Crippen molar-refractivity contribution in [3.8, 4) is 0 Å². The molecule has 2 heteroatoms. The largest absolute Gasteiger partial charge is 0.348 e. The van der Waals surface area contributed by atoms with Crippen LogP contribution in [0.4, 0.5) is 0 Å². The lowest BCUT2D eigenvalue weighted by molar-refractivity contribution is -0.148. The Bertz CT molecular complexity index is 424. The fraction of sp³-hybridized carbons (Fsp3) is 0.579. The van der Waals surface area contributed by atoms with E-state index in [9.17, 15) is 0 Å². The van der Waals surface area contributed by atoms with E-state index < -0.39 is 0 Å². The number of rotatable bonds is 8. The molecule has 0 aromatic heterocycles. The molecule has 0 fully saturated rings. The van der Waals surface area contributed by atoms with E-state index in [2.05, 4.69) is 32.1 Å². The second kappa shape index (κ2) is 9.01. The predicted molar refractivity (Wildman–Crippen MR) is 87.0 cm³/mol. The van der Waals surface area contributed by atoms with E-state index in [1.807, 2.05) is 18.2 Å². The Kier molecular flexibility index (Phi) is 6.98. The van der Waals surface area contributed by atoms with Crippen LogP contribution < -0.4 is 0 Å². The molecule has 2 rings (SSSR count). The summed E-state index contributed by atoms with van der Waals surface area (Å²) in [6.45, 7) is 5.84. The Balaban J connectivity index is 1.77. The first kappa shape index (κ1) is 16.3. The van der Waals surface area contributed by atoms with Gasteiger partial charge in [-0.2, -0.15) is 0 Å². The normalized spacial score (nSPS) is 20.1. The van der Waals surface area contributed by atoms with E-state index in [1.165, 1.54) is 30.4 Å². The molecule has 1 aromatic rings. The average Bonchev–Trinajstić information content (AvgIpc) is 2.51. The minimum Gasteiger partial charge on any atom is -0.348 e. The molecule has 2 nitrogen and oxygen atoms in total. The highest BCUT2D eigenvalue weighted by Gasteiger charge is 2.14. The molecule has 0 N–H and O–H groups in total. The van der Waals surface area contributed by atoms with Crippen molar-refractivity contribution in [3.05, 3.63) is 47.5 Å². The van der Waals surface area contributed by atoms with Crippen molar-refractivity contribution in [2.75, 3.05) is 6.61 Å². The molecule has 1 aromatic carbocycles. The summed E-state index contributed by atoms with van der Waals surface area (Å²) < 4.78 is 11.9. The summed E-state index contributed by atoms with van der Waals surface area (Å²) in [5, 5.41) is 0. The second-order valence-electron chi connectivity index (χ2n) is 6.07. The first-order valence-corrected chi connectivity index (χ1v) is 8.23. The third-order valence-electron chi connectivity index (χ3n) is 3.96. The summed E-state index contributed by atoms with van der Waals surface area (Å²) in [6, 6.07) is 10.3. The highest BCUT2D eigenvalue weighted by atomic mass is 16.7. The molecule has 0 amide bonds.